The van der Waals surface area contributed by atoms with E-state index in [1.165, 1.54) is 11.1 Å². The van der Waals surface area contributed by atoms with Gasteiger partial charge in [0.1, 0.15) is 0 Å². The van der Waals surface area contributed by atoms with Crippen molar-refractivity contribution in [1.29, 1.82) is 0 Å². The van der Waals surface area contributed by atoms with E-state index in [-0.39, 0.29) is 0 Å². The zero-order chi connectivity index (χ0) is 14.5. The van der Waals surface area contributed by atoms with Crippen molar-refractivity contribution < 1.29 is 0 Å². The molecule has 2 heterocycles. The molecule has 0 aliphatic heterocycles. The number of rotatable bonds is 5. The standard InChI is InChI=1S/C16H15ClN4/c17-15-11-18-7-5-16(15)19-10-13-3-1-4-14(9-13)12-21-8-2-6-20-21/h1-9,11H,10,12H2,(H,18,19). The molecule has 21 heavy (non-hydrogen) atoms. The number of hydrogen-bond acceptors (Lipinski definition) is 3. The van der Waals surface area contributed by atoms with E-state index >= 15 is 0 Å². The summed E-state index contributed by atoms with van der Waals surface area (Å²) in [6.07, 6.45) is 7.11. The van der Waals surface area contributed by atoms with Crippen LogP contribution in [0.3, 0.4) is 0 Å². The Morgan fingerprint density at radius 2 is 2.00 bits per heavy atom. The number of halogens is 1. The van der Waals surface area contributed by atoms with Gasteiger partial charge in [-0.15, -0.1) is 0 Å². The van der Waals surface area contributed by atoms with Crippen LogP contribution in [-0.4, -0.2) is 14.8 Å². The zero-order valence-corrected chi connectivity index (χ0v) is 12.2. The van der Waals surface area contributed by atoms with Crippen LogP contribution in [0.2, 0.25) is 5.02 Å². The maximum Gasteiger partial charge on any atom is 0.0820 e. The molecule has 0 radical (unpaired) electrons. The molecular formula is C16H15ClN4. The van der Waals surface area contributed by atoms with Gasteiger partial charge >= 0.3 is 0 Å². The molecule has 106 valence electrons. The van der Waals surface area contributed by atoms with Gasteiger partial charge in [-0.1, -0.05) is 35.9 Å². The van der Waals surface area contributed by atoms with Crippen LogP contribution >= 0.6 is 11.6 Å². The molecular weight excluding hydrogens is 284 g/mol. The van der Waals surface area contributed by atoms with Gasteiger partial charge in [-0.3, -0.25) is 9.67 Å². The lowest BCUT2D eigenvalue weighted by atomic mass is 10.1. The lowest BCUT2D eigenvalue weighted by molar-refractivity contribution is 0.686. The monoisotopic (exact) mass is 298 g/mol. The fraction of sp³-hybridized carbons (Fsp3) is 0.125. The first-order chi connectivity index (χ1) is 10.3. The van der Waals surface area contributed by atoms with E-state index in [2.05, 4.69) is 39.7 Å². The van der Waals surface area contributed by atoms with Gasteiger partial charge in [0.15, 0.2) is 0 Å². The van der Waals surface area contributed by atoms with Crippen LogP contribution in [0, 0.1) is 0 Å². The third kappa shape index (κ3) is 3.61. The molecule has 0 aliphatic carbocycles. The third-order valence-corrected chi connectivity index (χ3v) is 3.45. The van der Waals surface area contributed by atoms with E-state index in [0.29, 0.717) is 5.02 Å². The fourth-order valence-electron chi connectivity index (χ4n) is 2.13. The third-order valence-electron chi connectivity index (χ3n) is 3.15. The van der Waals surface area contributed by atoms with Gasteiger partial charge in [-0.2, -0.15) is 5.10 Å². The highest BCUT2D eigenvalue weighted by atomic mass is 35.5. The van der Waals surface area contributed by atoms with Crippen LogP contribution in [0.4, 0.5) is 5.69 Å². The lowest BCUT2D eigenvalue weighted by Gasteiger charge is -2.09. The van der Waals surface area contributed by atoms with E-state index in [0.717, 1.165) is 18.8 Å². The SMILES string of the molecule is Clc1cnccc1NCc1cccc(Cn2cccn2)c1. The summed E-state index contributed by atoms with van der Waals surface area (Å²) in [6.45, 7) is 1.49. The molecule has 2 aromatic heterocycles. The normalized spacial score (nSPS) is 10.5. The van der Waals surface area contributed by atoms with Gasteiger partial charge in [0.05, 0.1) is 17.3 Å². The minimum Gasteiger partial charge on any atom is -0.380 e. The van der Waals surface area contributed by atoms with Crippen molar-refractivity contribution in [1.82, 2.24) is 14.8 Å². The Balaban J connectivity index is 1.67. The van der Waals surface area contributed by atoms with Crippen molar-refractivity contribution in [3.8, 4) is 0 Å². The van der Waals surface area contributed by atoms with Crippen LogP contribution in [0.15, 0.2) is 61.2 Å². The number of benzene rings is 1. The predicted molar refractivity (Wildman–Crippen MR) is 84.3 cm³/mol. The molecule has 0 bridgehead atoms. The smallest absolute Gasteiger partial charge is 0.0820 e. The molecule has 0 unspecified atom stereocenters. The highest BCUT2D eigenvalue weighted by Gasteiger charge is 2.01. The summed E-state index contributed by atoms with van der Waals surface area (Å²) in [4.78, 5) is 3.97. The van der Waals surface area contributed by atoms with E-state index in [4.69, 9.17) is 11.6 Å². The topological polar surface area (TPSA) is 42.7 Å². The maximum absolute atomic E-state index is 6.08. The van der Waals surface area contributed by atoms with Crippen molar-refractivity contribution in [2.45, 2.75) is 13.1 Å². The van der Waals surface area contributed by atoms with E-state index in [9.17, 15) is 0 Å². The van der Waals surface area contributed by atoms with Gasteiger partial charge < -0.3 is 5.32 Å². The first-order valence-corrected chi connectivity index (χ1v) is 7.08. The molecule has 4 nitrogen and oxygen atoms in total. The van der Waals surface area contributed by atoms with E-state index in [1.807, 2.05) is 23.0 Å². The summed E-state index contributed by atoms with van der Waals surface area (Å²) < 4.78 is 1.91. The Labute approximate surface area is 128 Å². The van der Waals surface area contributed by atoms with Gasteiger partial charge in [-0.05, 0) is 23.3 Å². The van der Waals surface area contributed by atoms with Crippen molar-refractivity contribution >= 4 is 17.3 Å². The van der Waals surface area contributed by atoms with Gasteiger partial charge in [0, 0.05) is 31.3 Å². The number of hydrogen-bond donors (Lipinski definition) is 1. The molecule has 3 rings (SSSR count). The number of nitrogens with zero attached hydrogens (tertiary/aromatic N) is 3. The van der Waals surface area contributed by atoms with E-state index in [1.54, 1.807) is 18.6 Å². The first kappa shape index (κ1) is 13.6. The summed E-state index contributed by atoms with van der Waals surface area (Å²) in [5, 5.41) is 8.17. The quantitative estimate of drug-likeness (QED) is 0.783. The van der Waals surface area contributed by atoms with Gasteiger partial charge in [0.25, 0.3) is 0 Å². The van der Waals surface area contributed by atoms with Crippen LogP contribution in [0.5, 0.6) is 0 Å². The molecule has 0 saturated carbocycles. The summed E-state index contributed by atoms with van der Waals surface area (Å²) in [5.41, 5.74) is 3.32. The van der Waals surface area contributed by atoms with Crippen LogP contribution in [0.25, 0.3) is 0 Å². The van der Waals surface area contributed by atoms with Crippen molar-refractivity contribution in [3.63, 3.8) is 0 Å². The molecule has 0 saturated heterocycles. The largest absolute Gasteiger partial charge is 0.380 e. The Morgan fingerprint density at radius 1 is 1.10 bits per heavy atom. The predicted octanol–water partition coefficient (Wildman–Crippen LogP) is 3.59. The average molecular weight is 299 g/mol. The van der Waals surface area contributed by atoms with Crippen LogP contribution < -0.4 is 5.32 Å². The minimum atomic E-state index is 0.630. The van der Waals surface area contributed by atoms with Gasteiger partial charge in [-0.25, -0.2) is 0 Å². The second kappa shape index (κ2) is 6.41. The summed E-state index contributed by atoms with van der Waals surface area (Å²) in [6, 6.07) is 12.2. The number of aromatic nitrogens is 3. The van der Waals surface area contributed by atoms with Crippen molar-refractivity contribution in [2.75, 3.05) is 5.32 Å². The number of nitrogens with one attached hydrogen (secondary N) is 1. The second-order valence-electron chi connectivity index (χ2n) is 4.73. The molecule has 0 amide bonds. The summed E-state index contributed by atoms with van der Waals surface area (Å²) >= 11 is 6.08. The Bertz CT molecular complexity index is 710. The second-order valence-corrected chi connectivity index (χ2v) is 5.14. The highest BCUT2D eigenvalue weighted by molar-refractivity contribution is 6.33. The van der Waals surface area contributed by atoms with Crippen molar-refractivity contribution in [2.24, 2.45) is 0 Å². The zero-order valence-electron chi connectivity index (χ0n) is 11.4. The lowest BCUT2D eigenvalue weighted by Crippen LogP contribution is -2.03. The molecule has 3 aromatic rings. The molecule has 0 spiro atoms. The van der Waals surface area contributed by atoms with Crippen LogP contribution in [-0.2, 0) is 13.1 Å². The van der Waals surface area contributed by atoms with E-state index < -0.39 is 0 Å². The van der Waals surface area contributed by atoms with Gasteiger partial charge in [0.2, 0.25) is 0 Å². The molecule has 0 aliphatic rings. The molecule has 0 atom stereocenters. The highest BCUT2D eigenvalue weighted by Crippen LogP contribution is 2.20. The van der Waals surface area contributed by atoms with Crippen molar-refractivity contribution in [3.05, 3.63) is 77.3 Å². The number of anilines is 1. The maximum atomic E-state index is 6.08. The molecule has 1 N–H and O–H groups in total. The Kier molecular flexibility index (Phi) is 4.17. The fourth-order valence-corrected chi connectivity index (χ4v) is 2.32. The summed E-state index contributed by atoms with van der Waals surface area (Å²) in [7, 11) is 0. The Morgan fingerprint density at radius 3 is 2.81 bits per heavy atom. The molecule has 1 aromatic carbocycles. The average Bonchev–Trinajstić information content (AvgIpc) is 3.00. The number of pyridine rings is 1. The molecule has 0 fully saturated rings. The summed E-state index contributed by atoms with van der Waals surface area (Å²) in [5.74, 6) is 0. The molecule has 5 heteroatoms. The Hall–Kier alpha value is -2.33. The minimum absolute atomic E-state index is 0.630. The first-order valence-electron chi connectivity index (χ1n) is 6.70. The van der Waals surface area contributed by atoms with Crippen LogP contribution in [0.1, 0.15) is 11.1 Å².